The smallest absolute Gasteiger partial charge is 0.164 e. The normalized spacial score (nSPS) is 12.8. The summed E-state index contributed by atoms with van der Waals surface area (Å²) < 4.78 is 2.97. The maximum Gasteiger partial charge on any atom is 0.164 e. The third-order valence-electron chi connectivity index (χ3n) is 3.45. The summed E-state index contributed by atoms with van der Waals surface area (Å²) in [6, 6.07) is 8.32. The minimum Gasteiger partial charge on any atom is -0.279 e. The summed E-state index contributed by atoms with van der Waals surface area (Å²) in [5.41, 5.74) is 5.11. The molecule has 108 valence electrons. The van der Waals surface area contributed by atoms with E-state index in [1.54, 1.807) is 6.20 Å². The van der Waals surface area contributed by atoms with E-state index in [-0.39, 0.29) is 5.38 Å². The molecule has 0 saturated heterocycles. The van der Waals surface area contributed by atoms with E-state index in [0.717, 1.165) is 27.1 Å². The second-order valence-electron chi connectivity index (χ2n) is 5.21. The van der Waals surface area contributed by atoms with Crippen molar-refractivity contribution in [1.29, 1.82) is 0 Å². The van der Waals surface area contributed by atoms with Crippen molar-refractivity contribution in [2.75, 3.05) is 0 Å². The molecule has 1 unspecified atom stereocenters. The quantitative estimate of drug-likeness (QED) is 0.592. The van der Waals surface area contributed by atoms with E-state index in [1.165, 1.54) is 11.1 Å². The minimum atomic E-state index is -0.196. The number of imidazole rings is 1. The van der Waals surface area contributed by atoms with Crippen LogP contribution >= 0.6 is 27.5 Å². The summed E-state index contributed by atoms with van der Waals surface area (Å²) in [6.07, 6.45) is 1.79. The number of aromatic nitrogens is 3. The SMILES string of the molecule is Cc1ccc(C)c(-n2c(C(C)Cl)nc3cc(Br)cnc32)c1. The molecule has 0 aliphatic heterocycles. The number of rotatable bonds is 2. The number of fused-ring (bicyclic) bond motifs is 1. The average Bonchev–Trinajstić information content (AvgIpc) is 2.80. The van der Waals surface area contributed by atoms with E-state index in [4.69, 9.17) is 11.6 Å². The third kappa shape index (κ3) is 2.58. The van der Waals surface area contributed by atoms with Crippen LogP contribution in [-0.2, 0) is 0 Å². The van der Waals surface area contributed by atoms with Crippen LogP contribution in [0.3, 0.4) is 0 Å². The molecule has 0 bridgehead atoms. The fraction of sp³-hybridized carbons (Fsp3) is 0.250. The molecular weight excluding hydrogens is 350 g/mol. The molecular formula is C16H15BrClN3. The van der Waals surface area contributed by atoms with Gasteiger partial charge in [0.1, 0.15) is 11.3 Å². The molecule has 1 aromatic carbocycles. The lowest BCUT2D eigenvalue weighted by atomic mass is 10.1. The zero-order valence-corrected chi connectivity index (χ0v) is 14.4. The molecule has 3 rings (SSSR count). The maximum atomic E-state index is 6.34. The van der Waals surface area contributed by atoms with Crippen LogP contribution in [0, 0.1) is 13.8 Å². The Balaban J connectivity index is 2.39. The predicted molar refractivity (Wildman–Crippen MR) is 90.3 cm³/mol. The Kier molecular flexibility index (Phi) is 3.76. The van der Waals surface area contributed by atoms with Gasteiger partial charge in [0, 0.05) is 10.7 Å². The highest BCUT2D eigenvalue weighted by molar-refractivity contribution is 9.10. The van der Waals surface area contributed by atoms with Gasteiger partial charge in [-0.3, -0.25) is 4.57 Å². The number of halogens is 2. The van der Waals surface area contributed by atoms with Crippen molar-refractivity contribution in [1.82, 2.24) is 14.5 Å². The Labute approximate surface area is 137 Å². The van der Waals surface area contributed by atoms with E-state index in [1.807, 2.05) is 13.0 Å². The molecule has 0 N–H and O–H groups in total. The fourth-order valence-corrected chi connectivity index (χ4v) is 2.89. The molecule has 0 fully saturated rings. The van der Waals surface area contributed by atoms with Gasteiger partial charge in [0.05, 0.1) is 11.1 Å². The Bertz CT molecular complexity index is 824. The maximum absolute atomic E-state index is 6.34. The predicted octanol–water partition coefficient (Wildman–Crippen LogP) is 5.10. The summed E-state index contributed by atoms with van der Waals surface area (Å²) in [5, 5.41) is -0.196. The van der Waals surface area contributed by atoms with Crippen LogP contribution < -0.4 is 0 Å². The van der Waals surface area contributed by atoms with E-state index in [9.17, 15) is 0 Å². The molecule has 2 heterocycles. The molecule has 1 atom stereocenters. The summed E-state index contributed by atoms with van der Waals surface area (Å²) >= 11 is 9.78. The highest BCUT2D eigenvalue weighted by Gasteiger charge is 2.18. The van der Waals surface area contributed by atoms with Crippen LogP contribution in [0.4, 0.5) is 0 Å². The summed E-state index contributed by atoms with van der Waals surface area (Å²) in [4.78, 5) is 9.18. The van der Waals surface area contributed by atoms with Crippen molar-refractivity contribution in [3.63, 3.8) is 0 Å². The Hall–Kier alpha value is -1.39. The van der Waals surface area contributed by atoms with Crippen molar-refractivity contribution >= 4 is 38.7 Å². The lowest BCUT2D eigenvalue weighted by Crippen LogP contribution is -2.04. The van der Waals surface area contributed by atoms with Gasteiger partial charge in [-0.15, -0.1) is 11.6 Å². The largest absolute Gasteiger partial charge is 0.279 e. The lowest BCUT2D eigenvalue weighted by Gasteiger charge is -2.13. The number of aryl methyl sites for hydroxylation is 2. The first-order chi connectivity index (χ1) is 9.97. The van der Waals surface area contributed by atoms with E-state index < -0.39 is 0 Å². The van der Waals surface area contributed by atoms with Gasteiger partial charge in [-0.2, -0.15) is 0 Å². The number of nitrogens with zero attached hydrogens (tertiary/aromatic N) is 3. The van der Waals surface area contributed by atoms with Crippen molar-refractivity contribution < 1.29 is 0 Å². The molecule has 2 aromatic heterocycles. The molecule has 0 spiro atoms. The van der Waals surface area contributed by atoms with Crippen molar-refractivity contribution in [3.8, 4) is 5.69 Å². The topological polar surface area (TPSA) is 30.7 Å². The molecule has 5 heteroatoms. The molecule has 21 heavy (non-hydrogen) atoms. The standard InChI is InChI=1S/C16H15BrClN3/c1-9-4-5-10(2)14(6-9)21-15(11(3)18)20-13-7-12(17)8-19-16(13)21/h4-8,11H,1-3H3. The molecule has 0 aliphatic rings. The molecule has 0 saturated carbocycles. The first-order valence-corrected chi connectivity index (χ1v) is 7.96. The first kappa shape index (κ1) is 14.5. The van der Waals surface area contributed by atoms with Gasteiger partial charge in [-0.1, -0.05) is 12.1 Å². The van der Waals surface area contributed by atoms with Gasteiger partial charge in [0.25, 0.3) is 0 Å². The number of hydrogen-bond acceptors (Lipinski definition) is 2. The highest BCUT2D eigenvalue weighted by Crippen LogP contribution is 2.30. The Morgan fingerprint density at radius 2 is 2.00 bits per heavy atom. The van der Waals surface area contributed by atoms with Crippen LogP contribution in [0.25, 0.3) is 16.9 Å². The first-order valence-electron chi connectivity index (χ1n) is 6.73. The van der Waals surface area contributed by atoms with Crippen LogP contribution in [0.15, 0.2) is 34.9 Å². The van der Waals surface area contributed by atoms with Gasteiger partial charge in [0.15, 0.2) is 5.65 Å². The lowest BCUT2D eigenvalue weighted by molar-refractivity contribution is 0.872. The van der Waals surface area contributed by atoms with Gasteiger partial charge < -0.3 is 0 Å². The number of hydrogen-bond donors (Lipinski definition) is 0. The highest BCUT2D eigenvalue weighted by atomic mass is 79.9. The van der Waals surface area contributed by atoms with E-state index in [0.29, 0.717) is 0 Å². The minimum absolute atomic E-state index is 0.196. The van der Waals surface area contributed by atoms with Crippen LogP contribution in [0.1, 0.15) is 29.3 Å². The fourth-order valence-electron chi connectivity index (χ4n) is 2.42. The van der Waals surface area contributed by atoms with Crippen molar-refractivity contribution in [2.45, 2.75) is 26.1 Å². The zero-order valence-electron chi connectivity index (χ0n) is 12.1. The number of benzene rings is 1. The van der Waals surface area contributed by atoms with Crippen molar-refractivity contribution in [3.05, 3.63) is 51.9 Å². The Morgan fingerprint density at radius 3 is 2.71 bits per heavy atom. The van der Waals surface area contributed by atoms with Crippen molar-refractivity contribution in [2.24, 2.45) is 0 Å². The van der Waals surface area contributed by atoms with Crippen LogP contribution in [-0.4, -0.2) is 14.5 Å². The average molecular weight is 365 g/mol. The van der Waals surface area contributed by atoms with Gasteiger partial charge in [-0.25, -0.2) is 9.97 Å². The molecule has 0 aliphatic carbocycles. The van der Waals surface area contributed by atoms with E-state index in [2.05, 4.69) is 62.5 Å². The van der Waals surface area contributed by atoms with Gasteiger partial charge in [0.2, 0.25) is 0 Å². The molecule has 0 radical (unpaired) electrons. The number of pyridine rings is 1. The second-order valence-corrected chi connectivity index (χ2v) is 6.78. The number of alkyl halides is 1. The summed E-state index contributed by atoms with van der Waals surface area (Å²) in [5.74, 6) is 0.811. The van der Waals surface area contributed by atoms with Crippen LogP contribution in [0.2, 0.25) is 0 Å². The van der Waals surface area contributed by atoms with Gasteiger partial charge >= 0.3 is 0 Å². The van der Waals surface area contributed by atoms with E-state index >= 15 is 0 Å². The second kappa shape index (κ2) is 5.43. The summed E-state index contributed by atoms with van der Waals surface area (Å²) in [6.45, 7) is 6.09. The zero-order chi connectivity index (χ0) is 15.1. The molecule has 0 amide bonds. The third-order valence-corrected chi connectivity index (χ3v) is 4.08. The summed E-state index contributed by atoms with van der Waals surface area (Å²) in [7, 11) is 0. The van der Waals surface area contributed by atoms with Gasteiger partial charge in [-0.05, 0) is 60.0 Å². The monoisotopic (exact) mass is 363 g/mol. The molecule has 3 nitrogen and oxygen atoms in total. The Morgan fingerprint density at radius 1 is 1.24 bits per heavy atom. The van der Waals surface area contributed by atoms with Crippen LogP contribution in [0.5, 0.6) is 0 Å². The molecule has 3 aromatic rings.